The Hall–Kier alpha value is -3.19. The summed E-state index contributed by atoms with van der Waals surface area (Å²) in [6, 6.07) is 13.1. The molecule has 0 aliphatic rings. The molecule has 0 aliphatic carbocycles. The number of benzene rings is 1. The zero-order valence-corrected chi connectivity index (χ0v) is 15.6. The second-order valence-corrected chi connectivity index (χ2v) is 6.72. The van der Waals surface area contributed by atoms with Crippen molar-refractivity contribution in [3.05, 3.63) is 82.5 Å². The standard InChI is InChI=1S/C19H17ClN6O/c1-13-11-14(2)26(22-13)19(27)17-18(24-9-3-4-10-24)25(23-21-17)12-15-5-7-16(20)8-6-15/h3-11H,12H2,1-2H3. The Balaban J connectivity index is 1.78. The van der Waals surface area contributed by atoms with Gasteiger partial charge in [0.15, 0.2) is 11.5 Å². The fourth-order valence-corrected chi connectivity index (χ4v) is 3.11. The Bertz CT molecular complexity index is 1090. The van der Waals surface area contributed by atoms with Crippen LogP contribution < -0.4 is 0 Å². The zero-order chi connectivity index (χ0) is 19.0. The number of hydrogen-bond donors (Lipinski definition) is 0. The summed E-state index contributed by atoms with van der Waals surface area (Å²) < 4.78 is 4.88. The second-order valence-electron chi connectivity index (χ2n) is 6.28. The van der Waals surface area contributed by atoms with Crippen LogP contribution in [0.25, 0.3) is 5.82 Å². The predicted molar refractivity (Wildman–Crippen MR) is 101 cm³/mol. The third kappa shape index (κ3) is 3.29. The number of aromatic nitrogens is 6. The van der Waals surface area contributed by atoms with Crippen LogP contribution in [0.3, 0.4) is 0 Å². The predicted octanol–water partition coefficient (Wildman–Crippen LogP) is 3.27. The van der Waals surface area contributed by atoms with Gasteiger partial charge in [-0.2, -0.15) is 9.78 Å². The van der Waals surface area contributed by atoms with Gasteiger partial charge in [-0.05, 0) is 49.7 Å². The highest BCUT2D eigenvalue weighted by atomic mass is 35.5. The Morgan fingerprint density at radius 2 is 1.81 bits per heavy atom. The molecule has 0 bridgehead atoms. The van der Waals surface area contributed by atoms with Crippen molar-refractivity contribution in [3.63, 3.8) is 0 Å². The van der Waals surface area contributed by atoms with Gasteiger partial charge < -0.3 is 4.57 Å². The maximum Gasteiger partial charge on any atom is 0.302 e. The average Bonchev–Trinajstić information content (AvgIpc) is 3.36. The van der Waals surface area contributed by atoms with E-state index in [1.807, 2.05) is 73.3 Å². The summed E-state index contributed by atoms with van der Waals surface area (Å²) in [5.74, 6) is 0.277. The molecule has 27 heavy (non-hydrogen) atoms. The lowest BCUT2D eigenvalue weighted by Crippen LogP contribution is -2.19. The minimum absolute atomic E-state index is 0.242. The second kappa shape index (κ2) is 6.85. The molecule has 0 spiro atoms. The zero-order valence-electron chi connectivity index (χ0n) is 14.9. The molecular formula is C19H17ClN6O. The van der Waals surface area contributed by atoms with Crippen LogP contribution in [0.5, 0.6) is 0 Å². The fraction of sp³-hybridized carbons (Fsp3) is 0.158. The summed E-state index contributed by atoms with van der Waals surface area (Å²) in [4.78, 5) is 13.1. The monoisotopic (exact) mass is 380 g/mol. The largest absolute Gasteiger partial charge is 0.307 e. The van der Waals surface area contributed by atoms with Crippen LogP contribution in [-0.2, 0) is 6.54 Å². The molecule has 0 aliphatic heterocycles. The molecule has 0 saturated carbocycles. The summed E-state index contributed by atoms with van der Waals surface area (Å²) in [5.41, 5.74) is 2.77. The van der Waals surface area contributed by atoms with Gasteiger partial charge in [-0.1, -0.05) is 28.9 Å². The van der Waals surface area contributed by atoms with E-state index in [4.69, 9.17) is 11.6 Å². The third-order valence-electron chi connectivity index (χ3n) is 4.21. The van der Waals surface area contributed by atoms with Gasteiger partial charge >= 0.3 is 5.91 Å². The Kier molecular flexibility index (Phi) is 4.37. The number of rotatable bonds is 4. The highest BCUT2D eigenvalue weighted by molar-refractivity contribution is 6.30. The first-order valence-electron chi connectivity index (χ1n) is 8.42. The maximum absolute atomic E-state index is 13.1. The quantitative estimate of drug-likeness (QED) is 0.544. The topological polar surface area (TPSA) is 70.5 Å². The molecule has 4 rings (SSSR count). The lowest BCUT2D eigenvalue weighted by atomic mass is 10.2. The van der Waals surface area contributed by atoms with E-state index in [0.29, 0.717) is 17.4 Å². The molecule has 1 aromatic carbocycles. The van der Waals surface area contributed by atoms with Crippen LogP contribution >= 0.6 is 11.6 Å². The lowest BCUT2D eigenvalue weighted by Gasteiger charge is -2.09. The number of carbonyl (C=O) groups is 1. The van der Waals surface area contributed by atoms with E-state index in [1.165, 1.54) is 4.68 Å². The van der Waals surface area contributed by atoms with E-state index in [9.17, 15) is 4.79 Å². The molecular weight excluding hydrogens is 364 g/mol. The Morgan fingerprint density at radius 1 is 1.11 bits per heavy atom. The number of nitrogens with zero attached hydrogens (tertiary/aromatic N) is 6. The van der Waals surface area contributed by atoms with Crippen molar-refractivity contribution in [2.24, 2.45) is 0 Å². The average molecular weight is 381 g/mol. The summed E-state index contributed by atoms with van der Waals surface area (Å²) in [6.07, 6.45) is 3.71. The van der Waals surface area contributed by atoms with Gasteiger partial charge in [-0.25, -0.2) is 4.68 Å². The fourth-order valence-electron chi connectivity index (χ4n) is 2.98. The van der Waals surface area contributed by atoms with E-state index >= 15 is 0 Å². The molecule has 4 aromatic rings. The molecule has 8 heteroatoms. The minimum atomic E-state index is -0.313. The van der Waals surface area contributed by atoms with Crippen LogP contribution in [0.1, 0.15) is 27.4 Å². The lowest BCUT2D eigenvalue weighted by molar-refractivity contribution is 0.0937. The van der Waals surface area contributed by atoms with E-state index in [0.717, 1.165) is 17.0 Å². The third-order valence-corrected chi connectivity index (χ3v) is 4.46. The van der Waals surface area contributed by atoms with Crippen LogP contribution in [-0.4, -0.2) is 35.2 Å². The van der Waals surface area contributed by atoms with Crippen molar-refractivity contribution in [1.29, 1.82) is 0 Å². The molecule has 0 fully saturated rings. The molecule has 0 N–H and O–H groups in total. The van der Waals surface area contributed by atoms with Crippen molar-refractivity contribution in [2.75, 3.05) is 0 Å². The van der Waals surface area contributed by atoms with Crippen molar-refractivity contribution in [1.82, 2.24) is 29.3 Å². The SMILES string of the molecule is Cc1cc(C)n(C(=O)c2nnn(Cc3ccc(Cl)cc3)c2-n2cccc2)n1. The van der Waals surface area contributed by atoms with Gasteiger partial charge in [0.2, 0.25) is 0 Å². The number of aryl methyl sites for hydroxylation is 2. The number of carbonyl (C=O) groups excluding carboxylic acids is 1. The maximum atomic E-state index is 13.1. The first-order chi connectivity index (χ1) is 13.0. The molecule has 0 amide bonds. The van der Waals surface area contributed by atoms with E-state index in [2.05, 4.69) is 15.4 Å². The number of halogens is 1. The summed E-state index contributed by atoms with van der Waals surface area (Å²) in [6.45, 7) is 4.15. The van der Waals surface area contributed by atoms with Crippen LogP contribution in [0.2, 0.25) is 5.02 Å². The van der Waals surface area contributed by atoms with Crippen molar-refractivity contribution in [3.8, 4) is 5.82 Å². The van der Waals surface area contributed by atoms with Crippen LogP contribution in [0.4, 0.5) is 0 Å². The van der Waals surface area contributed by atoms with Crippen LogP contribution in [0.15, 0.2) is 54.9 Å². The number of hydrogen-bond acceptors (Lipinski definition) is 4. The van der Waals surface area contributed by atoms with Gasteiger partial charge in [0.25, 0.3) is 0 Å². The highest BCUT2D eigenvalue weighted by Crippen LogP contribution is 2.18. The van der Waals surface area contributed by atoms with Gasteiger partial charge in [-0.15, -0.1) is 5.10 Å². The first-order valence-corrected chi connectivity index (χ1v) is 8.80. The summed E-state index contributed by atoms with van der Waals surface area (Å²) >= 11 is 5.96. The molecule has 0 unspecified atom stereocenters. The van der Waals surface area contributed by atoms with Crippen molar-refractivity contribution in [2.45, 2.75) is 20.4 Å². The Labute approximate surface area is 160 Å². The van der Waals surface area contributed by atoms with Gasteiger partial charge in [-0.3, -0.25) is 4.79 Å². The molecule has 7 nitrogen and oxygen atoms in total. The summed E-state index contributed by atoms with van der Waals surface area (Å²) in [5, 5.41) is 13.3. The first kappa shape index (κ1) is 17.2. The van der Waals surface area contributed by atoms with Crippen molar-refractivity contribution < 1.29 is 4.79 Å². The Morgan fingerprint density at radius 3 is 2.44 bits per heavy atom. The highest BCUT2D eigenvalue weighted by Gasteiger charge is 2.24. The molecule has 0 atom stereocenters. The van der Waals surface area contributed by atoms with Gasteiger partial charge in [0, 0.05) is 23.1 Å². The van der Waals surface area contributed by atoms with Gasteiger partial charge in [0.1, 0.15) is 0 Å². The van der Waals surface area contributed by atoms with Gasteiger partial charge in [0.05, 0.1) is 12.2 Å². The molecule has 0 radical (unpaired) electrons. The summed E-state index contributed by atoms with van der Waals surface area (Å²) in [7, 11) is 0. The van der Waals surface area contributed by atoms with Crippen LogP contribution in [0, 0.1) is 13.8 Å². The van der Waals surface area contributed by atoms with E-state index < -0.39 is 0 Å². The molecule has 3 aromatic heterocycles. The molecule has 0 saturated heterocycles. The molecule has 3 heterocycles. The normalized spacial score (nSPS) is 11.1. The minimum Gasteiger partial charge on any atom is -0.307 e. The van der Waals surface area contributed by atoms with E-state index in [1.54, 1.807) is 4.68 Å². The molecule has 136 valence electrons. The smallest absolute Gasteiger partial charge is 0.302 e. The van der Waals surface area contributed by atoms with E-state index in [-0.39, 0.29) is 11.6 Å². The van der Waals surface area contributed by atoms with Crippen molar-refractivity contribution >= 4 is 17.5 Å².